The molecule has 1 heterocycles. The zero-order valence-corrected chi connectivity index (χ0v) is 25.3. The fraction of sp³-hybridized carbons (Fsp3) is 0.242. The van der Waals surface area contributed by atoms with E-state index in [-0.39, 0.29) is 29.1 Å². The maximum absolute atomic E-state index is 13.9. The fourth-order valence-corrected chi connectivity index (χ4v) is 6.92. The molecule has 7 nitrogen and oxygen atoms in total. The van der Waals surface area contributed by atoms with Crippen LogP contribution < -0.4 is 9.04 Å². The quantitative estimate of drug-likeness (QED) is 0.242. The van der Waals surface area contributed by atoms with Crippen LogP contribution in [-0.4, -0.2) is 64.0 Å². The smallest absolute Gasteiger partial charge is 0.264 e. The van der Waals surface area contributed by atoms with Gasteiger partial charge in [-0.1, -0.05) is 90.0 Å². The zero-order chi connectivity index (χ0) is 29.7. The number of rotatable bonds is 9. The average molecular weight is 604 g/mol. The number of benzene rings is 4. The largest absolute Gasteiger partial charge is 0.495 e. The summed E-state index contributed by atoms with van der Waals surface area (Å²) in [6.45, 7) is 3.74. The van der Waals surface area contributed by atoms with Crippen LogP contribution in [0.1, 0.15) is 22.7 Å². The zero-order valence-electron chi connectivity index (χ0n) is 23.7. The van der Waals surface area contributed by atoms with Gasteiger partial charge in [-0.25, -0.2) is 8.42 Å². The Labute approximate surface area is 252 Å². The molecule has 1 saturated heterocycles. The van der Waals surface area contributed by atoms with Crippen molar-refractivity contribution in [1.29, 1.82) is 0 Å². The van der Waals surface area contributed by atoms with E-state index in [0.717, 1.165) is 9.87 Å². The van der Waals surface area contributed by atoms with Gasteiger partial charge in [0.25, 0.3) is 10.0 Å². The van der Waals surface area contributed by atoms with Gasteiger partial charge in [-0.3, -0.25) is 14.0 Å². The molecule has 0 atom stereocenters. The topological polar surface area (TPSA) is 70.2 Å². The number of nitrogens with zero attached hydrogens (tertiary/aromatic N) is 3. The lowest BCUT2D eigenvalue weighted by molar-refractivity contribution is -0.131. The third kappa shape index (κ3) is 6.46. The number of aryl methyl sites for hydroxylation is 1. The van der Waals surface area contributed by atoms with Crippen LogP contribution in [0.2, 0.25) is 5.02 Å². The number of anilines is 1. The van der Waals surface area contributed by atoms with E-state index in [1.807, 2.05) is 43.3 Å². The van der Waals surface area contributed by atoms with Crippen molar-refractivity contribution in [3.63, 3.8) is 0 Å². The van der Waals surface area contributed by atoms with E-state index < -0.39 is 10.0 Å². The Morgan fingerprint density at radius 3 is 1.98 bits per heavy atom. The first-order chi connectivity index (χ1) is 20.3. The number of ether oxygens (including phenoxy) is 1. The third-order valence-corrected chi connectivity index (χ3v) is 9.57. The number of sulfonamides is 1. The highest BCUT2D eigenvalue weighted by atomic mass is 35.5. The van der Waals surface area contributed by atoms with Gasteiger partial charge in [-0.15, -0.1) is 0 Å². The molecule has 5 rings (SSSR count). The molecule has 218 valence electrons. The summed E-state index contributed by atoms with van der Waals surface area (Å²) in [5.74, 6) is 0.0182. The number of hydrogen-bond acceptors (Lipinski definition) is 5. The molecule has 0 aliphatic carbocycles. The summed E-state index contributed by atoms with van der Waals surface area (Å²) in [7, 11) is -2.65. The predicted octanol–water partition coefficient (Wildman–Crippen LogP) is 5.79. The van der Waals surface area contributed by atoms with Gasteiger partial charge in [0.2, 0.25) is 5.91 Å². The van der Waals surface area contributed by atoms with Gasteiger partial charge in [0.1, 0.15) is 12.3 Å². The van der Waals surface area contributed by atoms with E-state index in [2.05, 4.69) is 29.2 Å². The number of piperazine rings is 1. The summed E-state index contributed by atoms with van der Waals surface area (Å²) in [6.07, 6.45) is 0. The summed E-state index contributed by atoms with van der Waals surface area (Å²) in [4.78, 5) is 17.9. The van der Waals surface area contributed by atoms with E-state index in [1.54, 1.807) is 41.3 Å². The number of halogens is 1. The first-order valence-electron chi connectivity index (χ1n) is 13.8. The second-order valence-electron chi connectivity index (χ2n) is 10.3. The normalized spacial score (nSPS) is 14.1. The van der Waals surface area contributed by atoms with Crippen molar-refractivity contribution in [3.8, 4) is 5.75 Å². The molecule has 0 spiro atoms. The molecule has 1 amide bonds. The summed E-state index contributed by atoms with van der Waals surface area (Å²) in [6, 6.07) is 32.0. The Morgan fingerprint density at radius 1 is 0.857 bits per heavy atom. The van der Waals surface area contributed by atoms with Crippen LogP contribution in [0.3, 0.4) is 0 Å². The Balaban J connectivity index is 1.39. The van der Waals surface area contributed by atoms with E-state index in [4.69, 9.17) is 16.3 Å². The van der Waals surface area contributed by atoms with Crippen molar-refractivity contribution in [2.75, 3.05) is 44.1 Å². The Morgan fingerprint density at radius 2 is 1.43 bits per heavy atom. The fourth-order valence-electron chi connectivity index (χ4n) is 5.33. The van der Waals surface area contributed by atoms with Gasteiger partial charge < -0.3 is 9.64 Å². The second kappa shape index (κ2) is 13.0. The highest BCUT2D eigenvalue weighted by Crippen LogP contribution is 2.35. The molecule has 4 aromatic rings. The molecule has 1 aliphatic heterocycles. The minimum Gasteiger partial charge on any atom is -0.495 e. The molecular weight excluding hydrogens is 570 g/mol. The maximum Gasteiger partial charge on any atom is 0.264 e. The van der Waals surface area contributed by atoms with E-state index >= 15 is 0 Å². The molecule has 1 aliphatic rings. The molecule has 0 bridgehead atoms. The highest BCUT2D eigenvalue weighted by molar-refractivity contribution is 7.92. The van der Waals surface area contributed by atoms with Gasteiger partial charge >= 0.3 is 0 Å². The molecule has 0 saturated carbocycles. The average Bonchev–Trinajstić information content (AvgIpc) is 3.01. The van der Waals surface area contributed by atoms with E-state index in [9.17, 15) is 13.2 Å². The molecule has 0 N–H and O–H groups in total. The predicted molar refractivity (Wildman–Crippen MR) is 167 cm³/mol. The van der Waals surface area contributed by atoms with E-state index in [1.165, 1.54) is 24.3 Å². The first kappa shape index (κ1) is 29.6. The number of carbonyl (C=O) groups excluding carboxylic acids is 1. The number of hydrogen-bond donors (Lipinski definition) is 0. The van der Waals surface area contributed by atoms with Crippen molar-refractivity contribution in [2.24, 2.45) is 0 Å². The van der Waals surface area contributed by atoms with Crippen LogP contribution in [0.5, 0.6) is 5.75 Å². The van der Waals surface area contributed by atoms with Crippen molar-refractivity contribution in [1.82, 2.24) is 9.80 Å². The van der Waals surface area contributed by atoms with Crippen LogP contribution in [0.25, 0.3) is 0 Å². The molecule has 0 aromatic heterocycles. The van der Waals surface area contributed by atoms with Gasteiger partial charge in [-0.2, -0.15) is 0 Å². The van der Waals surface area contributed by atoms with Gasteiger partial charge in [0, 0.05) is 31.2 Å². The Kier molecular flexibility index (Phi) is 9.16. The second-order valence-corrected chi connectivity index (χ2v) is 12.6. The van der Waals surface area contributed by atoms with Gasteiger partial charge in [0.05, 0.1) is 23.7 Å². The van der Waals surface area contributed by atoms with Crippen LogP contribution in [0, 0.1) is 6.92 Å². The SMILES string of the molecule is COc1ccc(Cl)cc1N(CC(=O)N1CCN(C(c2ccccc2)c2ccccc2)CC1)S(=O)(=O)c1ccc(C)cc1. The monoisotopic (exact) mass is 603 g/mol. The first-order valence-corrected chi connectivity index (χ1v) is 15.6. The van der Waals surface area contributed by atoms with Crippen molar-refractivity contribution in [2.45, 2.75) is 17.9 Å². The summed E-state index contributed by atoms with van der Waals surface area (Å²) in [5.41, 5.74) is 3.52. The van der Waals surface area contributed by atoms with Gasteiger partial charge in [-0.05, 0) is 48.4 Å². The van der Waals surface area contributed by atoms with E-state index in [0.29, 0.717) is 37.0 Å². The minimum atomic E-state index is -4.11. The molecule has 0 unspecified atom stereocenters. The molecular formula is C33H34ClN3O4S. The molecule has 9 heteroatoms. The van der Waals surface area contributed by atoms with Crippen LogP contribution >= 0.6 is 11.6 Å². The van der Waals surface area contributed by atoms with Crippen LogP contribution in [-0.2, 0) is 14.8 Å². The van der Waals surface area contributed by atoms with Crippen LogP contribution in [0.15, 0.2) is 108 Å². The molecule has 0 radical (unpaired) electrons. The maximum atomic E-state index is 13.9. The minimum absolute atomic E-state index is 0.0544. The third-order valence-electron chi connectivity index (χ3n) is 7.56. The lowest BCUT2D eigenvalue weighted by Gasteiger charge is -2.40. The number of amides is 1. The van der Waals surface area contributed by atoms with Crippen LogP contribution in [0.4, 0.5) is 5.69 Å². The molecule has 42 heavy (non-hydrogen) atoms. The summed E-state index contributed by atoms with van der Waals surface area (Å²) >= 11 is 6.29. The van der Waals surface area contributed by atoms with Crippen molar-refractivity contribution in [3.05, 3.63) is 125 Å². The highest BCUT2D eigenvalue weighted by Gasteiger charge is 2.33. The summed E-state index contributed by atoms with van der Waals surface area (Å²) in [5, 5.41) is 0.337. The lowest BCUT2D eigenvalue weighted by atomic mass is 9.96. The standard InChI is InChI=1S/C33H34ClN3O4S/c1-25-13-16-29(17-14-25)42(39,40)37(30-23-28(34)15-18-31(30)41-2)24-32(38)35-19-21-36(22-20-35)33(26-9-5-3-6-10-26)27-11-7-4-8-12-27/h3-18,23,33H,19-22,24H2,1-2H3. The Hall–Kier alpha value is -3.85. The van der Waals surface area contributed by atoms with Crippen molar-refractivity contribution >= 4 is 33.2 Å². The number of methoxy groups -OCH3 is 1. The number of carbonyl (C=O) groups is 1. The molecule has 4 aromatic carbocycles. The lowest BCUT2D eigenvalue weighted by Crippen LogP contribution is -2.52. The Bertz CT molecular complexity index is 1570. The summed E-state index contributed by atoms with van der Waals surface area (Å²) < 4.78 is 34.5. The van der Waals surface area contributed by atoms with Gasteiger partial charge in [0.15, 0.2) is 0 Å². The molecule has 1 fully saturated rings. The van der Waals surface area contributed by atoms with Crippen molar-refractivity contribution < 1.29 is 17.9 Å².